The third kappa shape index (κ3) is 3.95. The summed E-state index contributed by atoms with van der Waals surface area (Å²) in [5.41, 5.74) is 2.99. The van der Waals surface area contributed by atoms with Gasteiger partial charge in [-0.2, -0.15) is 0 Å². The van der Waals surface area contributed by atoms with Crippen LogP contribution in [-0.2, 0) is 30.4 Å². The normalized spacial score (nSPS) is 31.2. The molecular formula is C25H30N4O8. The molecule has 2 fully saturated rings. The van der Waals surface area contributed by atoms with Gasteiger partial charge in [-0.05, 0) is 64.6 Å². The van der Waals surface area contributed by atoms with E-state index < -0.39 is 70.1 Å². The van der Waals surface area contributed by atoms with Gasteiger partial charge in [0.2, 0.25) is 11.8 Å². The molecule has 12 heteroatoms. The number of nitrogens with two attached hydrogens (primary N) is 1. The second-order valence-corrected chi connectivity index (χ2v) is 10.6. The minimum absolute atomic E-state index is 0.0648. The molecule has 3 aliphatic carbocycles. The van der Waals surface area contributed by atoms with Crippen molar-refractivity contribution in [2.45, 2.75) is 24.5 Å². The van der Waals surface area contributed by atoms with Crippen molar-refractivity contribution in [3.05, 3.63) is 23.3 Å². The van der Waals surface area contributed by atoms with Gasteiger partial charge in [-0.25, -0.2) is 0 Å². The van der Waals surface area contributed by atoms with E-state index in [9.17, 15) is 39.0 Å². The van der Waals surface area contributed by atoms with Crippen molar-refractivity contribution in [2.24, 2.45) is 29.4 Å². The van der Waals surface area contributed by atoms with E-state index >= 15 is 0 Å². The van der Waals surface area contributed by atoms with Crippen LogP contribution in [0.3, 0.4) is 0 Å². The van der Waals surface area contributed by atoms with Gasteiger partial charge in [-0.1, -0.05) is 0 Å². The average molecular weight is 515 g/mol. The molecule has 198 valence electrons. The molecule has 0 aliphatic heterocycles. The highest BCUT2D eigenvalue weighted by molar-refractivity contribution is 6.32. The Morgan fingerprint density at radius 3 is 2.32 bits per heavy atom. The Morgan fingerprint density at radius 1 is 1.11 bits per heavy atom. The quantitative estimate of drug-likeness (QED) is 0.262. The summed E-state index contributed by atoms with van der Waals surface area (Å²) in [6.07, 6.45) is 0.00243. The van der Waals surface area contributed by atoms with Crippen molar-refractivity contribution in [3.8, 4) is 5.75 Å². The number of primary amides is 1. The first kappa shape index (κ1) is 26.6. The standard InChI is InChI=1S/C25H30N4O8/c1-28(2)9-15(31)27-13-5-6-14(30)17-11(13)7-10-8-12-19(29(3)4)21(33)18(24(26)36)23(35)25(12,37)22(34)16(10)20(17)32/h5-6,10,12,16,18-19,30,37H,7-9H2,1-4H3,(H2,26,36)(H,27,31)/t10-,12-,16?,18?,19-,25-/m1/s1. The van der Waals surface area contributed by atoms with Crippen molar-refractivity contribution < 1.29 is 39.0 Å². The molecule has 5 N–H and O–H groups in total. The van der Waals surface area contributed by atoms with Crippen molar-refractivity contribution in [2.75, 3.05) is 40.1 Å². The van der Waals surface area contributed by atoms with Crippen LogP contribution < -0.4 is 11.1 Å². The topological polar surface area (TPSA) is 187 Å². The van der Waals surface area contributed by atoms with E-state index in [0.717, 1.165) is 0 Å². The number of aromatic hydroxyl groups is 1. The zero-order valence-electron chi connectivity index (χ0n) is 21.0. The second kappa shape index (κ2) is 9.12. The van der Waals surface area contributed by atoms with Crippen molar-refractivity contribution in [3.63, 3.8) is 0 Å². The summed E-state index contributed by atoms with van der Waals surface area (Å²) < 4.78 is 0. The summed E-state index contributed by atoms with van der Waals surface area (Å²) in [6.45, 7) is 0.0685. The van der Waals surface area contributed by atoms with Crippen LogP contribution in [-0.4, -0.2) is 101 Å². The zero-order chi connectivity index (χ0) is 27.6. The van der Waals surface area contributed by atoms with Crippen LogP contribution in [0.2, 0.25) is 0 Å². The molecule has 0 radical (unpaired) electrons. The van der Waals surface area contributed by atoms with Crippen LogP contribution in [0.1, 0.15) is 22.3 Å². The molecule has 37 heavy (non-hydrogen) atoms. The van der Waals surface area contributed by atoms with Crippen molar-refractivity contribution in [1.82, 2.24) is 9.80 Å². The highest BCUT2D eigenvalue weighted by Gasteiger charge is 2.69. The Kier molecular flexibility index (Phi) is 6.55. The fourth-order valence-electron chi connectivity index (χ4n) is 6.20. The number of nitrogens with zero attached hydrogens (tertiary/aromatic N) is 2. The van der Waals surface area contributed by atoms with E-state index in [1.165, 1.54) is 31.1 Å². The zero-order valence-corrected chi connectivity index (χ0v) is 21.0. The third-order valence-corrected chi connectivity index (χ3v) is 7.68. The Morgan fingerprint density at radius 2 is 1.76 bits per heavy atom. The SMILES string of the molecule is CN(C)CC(=O)Nc1ccc(O)c2c1C[C@@H]1C[C@@H]3[C@@H](N(C)C)C(=O)C(C(N)=O)C(=O)[C@]3(O)C(=O)C1C2=O. The molecule has 2 unspecified atom stereocenters. The molecule has 0 aromatic heterocycles. The highest BCUT2D eigenvalue weighted by Crippen LogP contribution is 2.51. The maximum atomic E-state index is 13.8. The van der Waals surface area contributed by atoms with E-state index in [1.807, 2.05) is 0 Å². The number of amides is 2. The minimum Gasteiger partial charge on any atom is -0.507 e. The third-order valence-electron chi connectivity index (χ3n) is 7.68. The number of carbonyl (C=O) groups excluding carboxylic acids is 6. The number of rotatable bonds is 5. The number of fused-ring (bicyclic) bond motifs is 3. The van der Waals surface area contributed by atoms with Crippen molar-refractivity contribution in [1.29, 1.82) is 0 Å². The van der Waals surface area contributed by atoms with Gasteiger partial charge >= 0.3 is 0 Å². The van der Waals surface area contributed by atoms with Crippen LogP contribution in [0, 0.1) is 23.7 Å². The number of phenols is 1. The van der Waals surface area contributed by atoms with E-state index in [2.05, 4.69) is 5.32 Å². The molecule has 4 rings (SSSR count). The number of hydrogen-bond acceptors (Lipinski definition) is 10. The number of aliphatic hydroxyl groups is 1. The predicted molar refractivity (Wildman–Crippen MR) is 129 cm³/mol. The molecule has 1 aromatic carbocycles. The Hall–Kier alpha value is -3.48. The molecule has 2 amide bonds. The lowest BCUT2D eigenvalue weighted by Crippen LogP contribution is -2.74. The van der Waals surface area contributed by atoms with Gasteiger partial charge in [0.15, 0.2) is 34.7 Å². The summed E-state index contributed by atoms with van der Waals surface area (Å²) in [5.74, 6) is -11.5. The highest BCUT2D eigenvalue weighted by atomic mass is 16.3. The molecule has 6 atom stereocenters. The number of nitrogens with one attached hydrogen (secondary N) is 1. The molecule has 0 spiro atoms. The Bertz CT molecular complexity index is 1240. The molecule has 1 aromatic rings. The first-order chi connectivity index (χ1) is 17.2. The first-order valence-corrected chi connectivity index (χ1v) is 11.9. The minimum atomic E-state index is -2.77. The van der Waals surface area contributed by atoms with Gasteiger partial charge in [-0.15, -0.1) is 0 Å². The molecule has 12 nitrogen and oxygen atoms in total. The number of anilines is 1. The fraction of sp³-hybridized carbons (Fsp3) is 0.520. The summed E-state index contributed by atoms with van der Waals surface area (Å²) in [5, 5.41) is 24.8. The summed E-state index contributed by atoms with van der Waals surface area (Å²) in [6, 6.07) is 1.51. The van der Waals surface area contributed by atoms with E-state index in [4.69, 9.17) is 5.73 Å². The lowest BCUT2D eigenvalue weighted by molar-refractivity contribution is -0.181. The van der Waals surface area contributed by atoms with Crippen LogP contribution in [0.25, 0.3) is 0 Å². The number of hydrogen-bond donors (Lipinski definition) is 4. The van der Waals surface area contributed by atoms with Gasteiger partial charge in [0.1, 0.15) is 5.75 Å². The van der Waals surface area contributed by atoms with Gasteiger partial charge in [0.25, 0.3) is 0 Å². The summed E-state index contributed by atoms with van der Waals surface area (Å²) in [4.78, 5) is 81.2. The number of likely N-dealkylation sites (N-methyl/N-ethyl adjacent to an activating group) is 2. The molecule has 2 saturated carbocycles. The maximum Gasteiger partial charge on any atom is 0.238 e. The summed E-state index contributed by atoms with van der Waals surface area (Å²) in [7, 11) is 6.47. The molecule has 0 heterocycles. The largest absolute Gasteiger partial charge is 0.507 e. The number of phenolic OH excluding ortho intramolecular Hbond substituents is 1. The van der Waals surface area contributed by atoms with Crippen LogP contribution in [0.4, 0.5) is 5.69 Å². The van der Waals surface area contributed by atoms with Gasteiger partial charge in [0, 0.05) is 11.6 Å². The number of ketones is 4. The smallest absolute Gasteiger partial charge is 0.238 e. The maximum absolute atomic E-state index is 13.8. The molecular weight excluding hydrogens is 484 g/mol. The van der Waals surface area contributed by atoms with E-state index in [-0.39, 0.29) is 30.9 Å². The molecule has 0 bridgehead atoms. The van der Waals surface area contributed by atoms with E-state index in [1.54, 1.807) is 19.0 Å². The van der Waals surface area contributed by atoms with E-state index in [0.29, 0.717) is 11.3 Å². The number of benzene rings is 1. The first-order valence-electron chi connectivity index (χ1n) is 11.9. The number of Topliss-reactive ketones (excluding diaryl/α,β-unsaturated/α-hetero) is 4. The van der Waals surface area contributed by atoms with Gasteiger partial charge < -0.3 is 26.2 Å². The second-order valence-electron chi connectivity index (χ2n) is 10.6. The summed E-state index contributed by atoms with van der Waals surface area (Å²) >= 11 is 0. The van der Waals surface area contributed by atoms with Crippen LogP contribution in [0.15, 0.2) is 12.1 Å². The Balaban J connectivity index is 1.81. The van der Waals surface area contributed by atoms with Crippen LogP contribution in [0.5, 0.6) is 5.75 Å². The average Bonchev–Trinajstić information content (AvgIpc) is 2.77. The Labute approximate surface area is 212 Å². The molecule has 3 aliphatic rings. The lowest BCUT2D eigenvalue weighted by atomic mass is 9.52. The van der Waals surface area contributed by atoms with Crippen molar-refractivity contribution >= 4 is 40.6 Å². The molecule has 0 saturated heterocycles. The fourth-order valence-corrected chi connectivity index (χ4v) is 6.20. The lowest BCUT2D eigenvalue weighted by Gasteiger charge is -2.52. The predicted octanol–water partition coefficient (Wildman–Crippen LogP) is -1.63. The van der Waals surface area contributed by atoms with Gasteiger partial charge in [-0.3, -0.25) is 33.7 Å². The number of carbonyl (C=O) groups is 6. The van der Waals surface area contributed by atoms with Crippen LogP contribution >= 0.6 is 0 Å². The monoisotopic (exact) mass is 514 g/mol. The van der Waals surface area contributed by atoms with Gasteiger partial charge in [0.05, 0.1) is 24.1 Å².